The second-order valence-electron chi connectivity index (χ2n) is 5.62. The molecular weight excluding hydrogens is 286 g/mol. The molecule has 0 bridgehead atoms. The number of hydrazine groups is 1. The molecule has 7 nitrogen and oxygen atoms in total. The topological polar surface area (TPSA) is 84.7 Å². The van der Waals surface area contributed by atoms with Crippen molar-refractivity contribution in [1.29, 1.82) is 0 Å². The van der Waals surface area contributed by atoms with Crippen LogP contribution in [0, 0.1) is 10.1 Å². The molecular formula is C15H21N3O4. The molecule has 1 aliphatic rings. The molecule has 0 aromatic heterocycles. The second kappa shape index (κ2) is 6.74. The molecule has 120 valence electrons. The molecule has 0 unspecified atom stereocenters. The van der Waals surface area contributed by atoms with Gasteiger partial charge in [0.2, 0.25) is 0 Å². The Balaban J connectivity index is 2.19. The number of rotatable bonds is 4. The van der Waals surface area contributed by atoms with Gasteiger partial charge in [0.25, 0.3) is 5.91 Å². The zero-order chi connectivity index (χ0) is 16.3. The van der Waals surface area contributed by atoms with E-state index in [0.717, 1.165) is 19.3 Å². The highest BCUT2D eigenvalue weighted by atomic mass is 16.6. The third kappa shape index (κ3) is 3.36. The van der Waals surface area contributed by atoms with E-state index in [1.165, 1.54) is 25.3 Å². The third-order valence-electron chi connectivity index (χ3n) is 4.06. The normalized spacial score (nSPS) is 22.1. The summed E-state index contributed by atoms with van der Waals surface area (Å²) in [6, 6.07) is 4.71. The summed E-state index contributed by atoms with van der Waals surface area (Å²) >= 11 is 0. The Bertz CT molecular complexity index is 566. The van der Waals surface area contributed by atoms with Gasteiger partial charge in [-0.3, -0.25) is 20.3 Å². The molecule has 1 aromatic rings. The van der Waals surface area contributed by atoms with Gasteiger partial charge in [0.05, 0.1) is 12.0 Å². The lowest BCUT2D eigenvalue weighted by atomic mass is 10.00. The van der Waals surface area contributed by atoms with E-state index in [0.29, 0.717) is 0 Å². The fraction of sp³-hybridized carbons (Fsp3) is 0.533. The molecule has 0 aliphatic carbocycles. The molecule has 7 heteroatoms. The monoisotopic (exact) mass is 307 g/mol. The first-order chi connectivity index (χ1) is 10.4. The maximum absolute atomic E-state index is 12.4. The number of methoxy groups -OCH3 is 1. The van der Waals surface area contributed by atoms with Gasteiger partial charge < -0.3 is 4.74 Å². The highest BCUT2D eigenvalue weighted by Gasteiger charge is 2.27. The van der Waals surface area contributed by atoms with Gasteiger partial charge in [0, 0.05) is 23.7 Å². The Morgan fingerprint density at radius 1 is 1.36 bits per heavy atom. The maximum atomic E-state index is 12.4. The molecule has 2 atom stereocenters. The smallest absolute Gasteiger partial charge is 0.311 e. The van der Waals surface area contributed by atoms with Crippen molar-refractivity contribution in [3.63, 3.8) is 0 Å². The largest absolute Gasteiger partial charge is 0.490 e. The molecule has 1 N–H and O–H groups in total. The van der Waals surface area contributed by atoms with E-state index in [9.17, 15) is 14.9 Å². The number of carbonyl (C=O) groups is 1. The van der Waals surface area contributed by atoms with Crippen LogP contribution in [0.4, 0.5) is 5.69 Å². The fourth-order valence-corrected chi connectivity index (χ4v) is 2.80. The lowest BCUT2D eigenvalue weighted by molar-refractivity contribution is -0.385. The molecule has 0 spiro atoms. The quantitative estimate of drug-likeness (QED) is 0.682. The van der Waals surface area contributed by atoms with Gasteiger partial charge >= 0.3 is 5.69 Å². The average Bonchev–Trinajstić information content (AvgIpc) is 2.50. The number of hydrogen-bond donors (Lipinski definition) is 1. The summed E-state index contributed by atoms with van der Waals surface area (Å²) in [5.41, 5.74) is 2.90. The molecule has 1 heterocycles. The van der Waals surface area contributed by atoms with E-state index in [2.05, 4.69) is 19.3 Å². The van der Waals surface area contributed by atoms with Gasteiger partial charge in [-0.05, 0) is 38.8 Å². The molecule has 1 saturated heterocycles. The molecule has 2 rings (SSSR count). The van der Waals surface area contributed by atoms with Crippen LogP contribution in [0.5, 0.6) is 5.75 Å². The van der Waals surface area contributed by atoms with Crippen LogP contribution >= 0.6 is 0 Å². The van der Waals surface area contributed by atoms with Crippen LogP contribution in [-0.4, -0.2) is 35.0 Å². The summed E-state index contributed by atoms with van der Waals surface area (Å²) in [7, 11) is 1.36. The van der Waals surface area contributed by atoms with Crippen LogP contribution in [-0.2, 0) is 0 Å². The van der Waals surface area contributed by atoms with Crippen molar-refractivity contribution in [2.75, 3.05) is 7.11 Å². The number of nitro benzene ring substituents is 1. The number of benzene rings is 1. The van der Waals surface area contributed by atoms with Crippen LogP contribution in [0.15, 0.2) is 18.2 Å². The van der Waals surface area contributed by atoms with Crippen molar-refractivity contribution in [2.24, 2.45) is 0 Å². The maximum Gasteiger partial charge on any atom is 0.311 e. The van der Waals surface area contributed by atoms with Gasteiger partial charge in [-0.25, -0.2) is 5.01 Å². The zero-order valence-corrected chi connectivity index (χ0v) is 13.0. The van der Waals surface area contributed by atoms with Crippen molar-refractivity contribution >= 4 is 11.6 Å². The Kier molecular flexibility index (Phi) is 4.97. The molecule has 1 aromatic carbocycles. The van der Waals surface area contributed by atoms with E-state index in [-0.39, 0.29) is 35.0 Å². The van der Waals surface area contributed by atoms with E-state index in [1.807, 2.05) is 5.01 Å². The van der Waals surface area contributed by atoms with E-state index in [1.54, 1.807) is 0 Å². The first-order valence-electron chi connectivity index (χ1n) is 7.35. The fourth-order valence-electron chi connectivity index (χ4n) is 2.80. The van der Waals surface area contributed by atoms with E-state index < -0.39 is 4.92 Å². The van der Waals surface area contributed by atoms with Gasteiger partial charge in [0.1, 0.15) is 0 Å². The minimum absolute atomic E-state index is 0.140. The van der Waals surface area contributed by atoms with Crippen molar-refractivity contribution in [1.82, 2.24) is 10.4 Å². The highest BCUT2D eigenvalue weighted by Crippen LogP contribution is 2.28. The standard InChI is InChI=1S/C15H21N3O4/c1-10-5-4-6-11(2)17(10)16-15(19)12-7-8-14(22-3)13(9-12)18(20)21/h7-11H,4-6H2,1-3H3,(H,16,19)/t10-,11-/m0/s1. The first kappa shape index (κ1) is 16.2. The second-order valence-corrected chi connectivity index (χ2v) is 5.62. The lowest BCUT2D eigenvalue weighted by Crippen LogP contribution is -2.54. The number of carbonyl (C=O) groups excluding carboxylic acids is 1. The summed E-state index contributed by atoms with van der Waals surface area (Å²) in [5.74, 6) is -0.201. The minimum Gasteiger partial charge on any atom is -0.490 e. The van der Waals surface area contributed by atoms with Crippen molar-refractivity contribution in [2.45, 2.75) is 45.2 Å². The van der Waals surface area contributed by atoms with Crippen molar-refractivity contribution in [3.8, 4) is 5.75 Å². The molecule has 1 aliphatic heterocycles. The Morgan fingerprint density at radius 3 is 2.55 bits per heavy atom. The number of nitro groups is 1. The molecule has 1 fully saturated rings. The van der Waals surface area contributed by atoms with E-state index in [4.69, 9.17) is 4.74 Å². The zero-order valence-electron chi connectivity index (χ0n) is 13.0. The Labute approximate surface area is 129 Å². The predicted octanol–water partition coefficient (Wildman–Crippen LogP) is 2.51. The van der Waals surface area contributed by atoms with Gasteiger partial charge in [-0.2, -0.15) is 0 Å². The summed E-state index contributed by atoms with van der Waals surface area (Å²) in [6.45, 7) is 4.12. The minimum atomic E-state index is -0.554. The summed E-state index contributed by atoms with van der Waals surface area (Å²) < 4.78 is 4.94. The number of hydrogen-bond acceptors (Lipinski definition) is 5. The lowest BCUT2D eigenvalue weighted by Gasteiger charge is -2.38. The first-order valence-corrected chi connectivity index (χ1v) is 7.35. The number of nitrogens with zero attached hydrogens (tertiary/aromatic N) is 2. The van der Waals surface area contributed by atoms with Gasteiger partial charge in [0.15, 0.2) is 5.75 Å². The Hall–Kier alpha value is -2.15. The summed E-state index contributed by atoms with van der Waals surface area (Å²) in [6.07, 6.45) is 3.18. The molecule has 22 heavy (non-hydrogen) atoms. The third-order valence-corrected chi connectivity index (χ3v) is 4.06. The van der Waals surface area contributed by atoms with Crippen LogP contribution in [0.2, 0.25) is 0 Å². The van der Waals surface area contributed by atoms with Crippen LogP contribution < -0.4 is 10.2 Å². The SMILES string of the molecule is COc1ccc(C(=O)NN2[C@@H](C)CCC[C@@H]2C)cc1[N+](=O)[O-]. The molecule has 0 radical (unpaired) electrons. The molecule has 0 saturated carbocycles. The number of ether oxygens (including phenoxy) is 1. The van der Waals surface area contributed by atoms with Gasteiger partial charge in [-0.15, -0.1) is 0 Å². The number of nitrogens with one attached hydrogen (secondary N) is 1. The summed E-state index contributed by atoms with van der Waals surface area (Å²) in [4.78, 5) is 22.8. The van der Waals surface area contributed by atoms with Crippen LogP contribution in [0.3, 0.4) is 0 Å². The Morgan fingerprint density at radius 2 is 2.00 bits per heavy atom. The van der Waals surface area contributed by atoms with E-state index >= 15 is 0 Å². The average molecular weight is 307 g/mol. The number of piperidine rings is 1. The van der Waals surface area contributed by atoms with Crippen LogP contribution in [0.1, 0.15) is 43.5 Å². The number of amides is 1. The highest BCUT2D eigenvalue weighted by molar-refractivity contribution is 5.94. The van der Waals surface area contributed by atoms with Crippen molar-refractivity contribution in [3.05, 3.63) is 33.9 Å². The molecule has 1 amide bonds. The van der Waals surface area contributed by atoms with Crippen molar-refractivity contribution < 1.29 is 14.5 Å². The van der Waals surface area contributed by atoms with Crippen LogP contribution in [0.25, 0.3) is 0 Å². The predicted molar refractivity (Wildman–Crippen MR) is 81.7 cm³/mol. The summed E-state index contributed by atoms with van der Waals surface area (Å²) in [5, 5.41) is 13.0. The van der Waals surface area contributed by atoms with Gasteiger partial charge in [-0.1, -0.05) is 6.42 Å².